The first-order valence-electron chi connectivity index (χ1n) is 22.4. The van der Waals surface area contributed by atoms with E-state index in [4.69, 9.17) is 0 Å². The number of halogens is 2. The normalized spacial score (nSPS) is 12.6. The molecule has 0 aromatic heterocycles. The second kappa shape index (κ2) is 20.4. The third-order valence-corrected chi connectivity index (χ3v) is 13.6. The average Bonchev–Trinajstić information content (AvgIpc) is 3.53. The Balaban J connectivity index is 1.55. The molecule has 0 fully saturated rings. The zero-order valence-electron chi connectivity index (χ0n) is 35.8. The number of rotatable bonds is 20. The fraction of sp³-hybridized carbons (Fsp3) is 0.345. The summed E-state index contributed by atoms with van der Waals surface area (Å²) in [7, 11) is 0. The monoisotopic (exact) mass is 908 g/mol. The Hall–Kier alpha value is -4.12. The number of nitrogens with zero attached hydrogens (tertiary/aromatic N) is 2. The molecule has 0 heterocycles. The van der Waals surface area contributed by atoms with Crippen molar-refractivity contribution in [1.29, 1.82) is 0 Å². The van der Waals surface area contributed by atoms with Gasteiger partial charge in [-0.1, -0.05) is 188 Å². The van der Waals surface area contributed by atoms with E-state index < -0.39 is 0 Å². The molecule has 7 rings (SSSR count). The molecule has 0 unspecified atom stereocenters. The summed E-state index contributed by atoms with van der Waals surface area (Å²) in [4.78, 5) is 5.09. The van der Waals surface area contributed by atoms with Crippen molar-refractivity contribution in [3.8, 4) is 11.1 Å². The third kappa shape index (κ3) is 9.76. The van der Waals surface area contributed by atoms with Crippen LogP contribution in [0.5, 0.6) is 0 Å². The minimum Gasteiger partial charge on any atom is -0.308 e. The fourth-order valence-electron chi connectivity index (χ4n) is 9.43. The Morgan fingerprint density at radius 2 is 0.847 bits per heavy atom. The van der Waals surface area contributed by atoms with Crippen LogP contribution in [-0.2, 0) is 5.41 Å². The molecule has 1 aliphatic rings. The Bertz CT molecular complexity index is 2130. The third-order valence-electron chi connectivity index (χ3n) is 12.5. The molecule has 0 saturated carbocycles. The highest BCUT2D eigenvalue weighted by molar-refractivity contribution is 9.10. The SMILES string of the molecule is CCCCCCCCC1(CCCCCCCC)c2ccccc2-c2ccc(N(c3ccc(C)cc3)c3ccc(Br)cc3)c(N(c3ccc(C)cc3)c3ccc(Br)cc3)c21. The van der Waals surface area contributed by atoms with Gasteiger partial charge in [0.2, 0.25) is 0 Å². The lowest BCUT2D eigenvalue weighted by Crippen LogP contribution is -2.29. The van der Waals surface area contributed by atoms with Crippen molar-refractivity contribution in [1.82, 2.24) is 0 Å². The van der Waals surface area contributed by atoms with Crippen molar-refractivity contribution in [2.75, 3.05) is 9.80 Å². The minimum absolute atomic E-state index is 0.149. The summed E-state index contributed by atoms with van der Waals surface area (Å²) in [6.45, 7) is 9.01. The molecule has 0 aliphatic heterocycles. The average molecular weight is 911 g/mol. The minimum atomic E-state index is -0.149. The molecule has 0 radical (unpaired) electrons. The predicted octanol–water partition coefficient (Wildman–Crippen LogP) is 18.5. The van der Waals surface area contributed by atoms with Gasteiger partial charge in [-0.15, -0.1) is 0 Å². The summed E-state index contributed by atoms with van der Waals surface area (Å²) < 4.78 is 2.15. The molecule has 0 saturated heterocycles. The Morgan fingerprint density at radius 3 is 1.34 bits per heavy atom. The molecule has 0 atom stereocenters. The highest BCUT2D eigenvalue weighted by Crippen LogP contribution is 2.61. The van der Waals surface area contributed by atoms with Gasteiger partial charge >= 0.3 is 0 Å². The predicted molar refractivity (Wildman–Crippen MR) is 263 cm³/mol. The van der Waals surface area contributed by atoms with Crippen molar-refractivity contribution in [3.63, 3.8) is 0 Å². The van der Waals surface area contributed by atoms with Gasteiger partial charge in [-0.05, 0) is 128 Å². The molecule has 6 aromatic carbocycles. The first-order chi connectivity index (χ1) is 28.8. The lowest BCUT2D eigenvalue weighted by molar-refractivity contribution is 0.398. The van der Waals surface area contributed by atoms with E-state index in [-0.39, 0.29) is 5.41 Å². The lowest BCUT2D eigenvalue weighted by atomic mass is 9.69. The Morgan fingerprint density at radius 1 is 0.424 bits per heavy atom. The van der Waals surface area contributed by atoms with Gasteiger partial charge in [-0.3, -0.25) is 0 Å². The van der Waals surface area contributed by atoms with E-state index >= 15 is 0 Å². The van der Waals surface area contributed by atoms with Crippen LogP contribution in [0.1, 0.15) is 126 Å². The summed E-state index contributed by atoms with van der Waals surface area (Å²) in [5, 5.41) is 0. The summed E-state index contributed by atoms with van der Waals surface area (Å²) in [6, 6.07) is 50.4. The second-order valence-electron chi connectivity index (χ2n) is 16.8. The standard InChI is InChI=1S/C55H62Br2N2/c1-5-7-9-11-13-17-39-55(40-18-14-12-10-8-6-2)51-20-16-15-19-49(51)50-37-38-52(58(45-29-21-41(3)22-30-45)46-33-25-43(56)26-34-46)54(53(50)55)59(47-31-23-42(4)24-32-47)48-35-27-44(57)28-36-48/h15-16,19-38H,5-14,17-18,39-40H2,1-4H3. The number of hydrogen-bond donors (Lipinski definition) is 0. The molecular formula is C55H62Br2N2. The molecule has 6 aromatic rings. The van der Waals surface area contributed by atoms with Gasteiger partial charge in [0.15, 0.2) is 0 Å². The van der Waals surface area contributed by atoms with Gasteiger partial charge in [0, 0.05) is 37.1 Å². The second-order valence-corrected chi connectivity index (χ2v) is 18.6. The maximum Gasteiger partial charge on any atom is 0.0749 e. The van der Waals surface area contributed by atoms with E-state index in [0.717, 1.165) is 44.5 Å². The van der Waals surface area contributed by atoms with Gasteiger partial charge in [-0.2, -0.15) is 0 Å². The fourth-order valence-corrected chi connectivity index (χ4v) is 9.96. The number of benzene rings is 6. The quantitative estimate of drug-likeness (QED) is 0.0704. The molecule has 4 heteroatoms. The van der Waals surface area contributed by atoms with Gasteiger partial charge in [0.25, 0.3) is 0 Å². The van der Waals surface area contributed by atoms with Crippen LogP contribution in [0.2, 0.25) is 0 Å². The van der Waals surface area contributed by atoms with E-state index in [1.807, 2.05) is 0 Å². The molecular weight excluding hydrogens is 848 g/mol. The van der Waals surface area contributed by atoms with E-state index in [1.165, 1.54) is 122 Å². The van der Waals surface area contributed by atoms with Crippen LogP contribution in [0.25, 0.3) is 11.1 Å². The van der Waals surface area contributed by atoms with Crippen LogP contribution in [0, 0.1) is 13.8 Å². The molecule has 0 N–H and O–H groups in total. The largest absolute Gasteiger partial charge is 0.308 e. The number of fused-ring (bicyclic) bond motifs is 3. The first-order valence-corrected chi connectivity index (χ1v) is 24.0. The zero-order valence-corrected chi connectivity index (χ0v) is 38.9. The molecule has 0 amide bonds. The van der Waals surface area contributed by atoms with Crippen molar-refractivity contribution in [3.05, 3.63) is 165 Å². The molecule has 1 aliphatic carbocycles. The van der Waals surface area contributed by atoms with Crippen LogP contribution in [0.4, 0.5) is 34.1 Å². The first kappa shape index (κ1) is 43.0. The van der Waals surface area contributed by atoms with Gasteiger partial charge in [0.1, 0.15) is 0 Å². The Kier molecular flexibility index (Phi) is 14.9. The summed E-state index contributed by atoms with van der Waals surface area (Å²) in [5.41, 5.74) is 15.2. The van der Waals surface area contributed by atoms with Crippen molar-refractivity contribution >= 4 is 66.0 Å². The van der Waals surface area contributed by atoms with E-state index in [0.29, 0.717) is 0 Å². The van der Waals surface area contributed by atoms with Crippen LogP contribution in [0.3, 0.4) is 0 Å². The molecule has 0 bridgehead atoms. The van der Waals surface area contributed by atoms with Crippen molar-refractivity contribution < 1.29 is 0 Å². The highest BCUT2D eigenvalue weighted by Gasteiger charge is 2.46. The van der Waals surface area contributed by atoms with E-state index in [9.17, 15) is 0 Å². The van der Waals surface area contributed by atoms with Crippen LogP contribution in [-0.4, -0.2) is 0 Å². The smallest absolute Gasteiger partial charge is 0.0749 e. The maximum absolute atomic E-state index is 3.79. The number of aryl methyl sites for hydroxylation is 2. The molecule has 306 valence electrons. The summed E-state index contributed by atoms with van der Waals surface area (Å²) >= 11 is 7.54. The van der Waals surface area contributed by atoms with Crippen LogP contribution in [0.15, 0.2) is 142 Å². The molecule has 2 nitrogen and oxygen atoms in total. The van der Waals surface area contributed by atoms with Gasteiger partial charge in [0.05, 0.1) is 11.4 Å². The van der Waals surface area contributed by atoms with E-state index in [2.05, 4.69) is 203 Å². The molecule has 59 heavy (non-hydrogen) atoms. The summed E-state index contributed by atoms with van der Waals surface area (Å²) in [5.74, 6) is 0. The van der Waals surface area contributed by atoms with Crippen LogP contribution < -0.4 is 9.80 Å². The van der Waals surface area contributed by atoms with Gasteiger partial charge in [-0.25, -0.2) is 0 Å². The van der Waals surface area contributed by atoms with Crippen LogP contribution >= 0.6 is 31.9 Å². The summed E-state index contributed by atoms with van der Waals surface area (Å²) in [6.07, 6.45) is 17.7. The topological polar surface area (TPSA) is 6.48 Å². The zero-order chi connectivity index (χ0) is 41.2. The highest BCUT2D eigenvalue weighted by atomic mass is 79.9. The number of anilines is 6. The lowest BCUT2D eigenvalue weighted by Gasteiger charge is -2.40. The van der Waals surface area contributed by atoms with Crippen molar-refractivity contribution in [2.24, 2.45) is 0 Å². The molecule has 0 spiro atoms. The number of hydrogen-bond acceptors (Lipinski definition) is 2. The Labute approximate surface area is 372 Å². The van der Waals surface area contributed by atoms with Crippen molar-refractivity contribution in [2.45, 2.75) is 123 Å². The maximum atomic E-state index is 3.79. The van der Waals surface area contributed by atoms with Gasteiger partial charge < -0.3 is 9.80 Å². The number of unbranched alkanes of at least 4 members (excludes halogenated alkanes) is 10. The van der Waals surface area contributed by atoms with E-state index in [1.54, 1.807) is 0 Å².